The average molecular weight is 348 g/mol. The zero-order chi connectivity index (χ0) is 18.3. The molecule has 0 radical (unpaired) electrons. The molecule has 3 heterocycles. The summed E-state index contributed by atoms with van der Waals surface area (Å²) >= 11 is 0. The molecule has 26 heavy (non-hydrogen) atoms. The summed E-state index contributed by atoms with van der Waals surface area (Å²) in [6.07, 6.45) is 3.22. The van der Waals surface area contributed by atoms with E-state index in [0.717, 1.165) is 0 Å². The molecule has 1 N–H and O–H groups in total. The molecule has 4 rings (SSSR count). The quantitative estimate of drug-likeness (QED) is 0.727. The number of amides is 2. The summed E-state index contributed by atoms with van der Waals surface area (Å²) < 4.78 is 0. The van der Waals surface area contributed by atoms with Gasteiger partial charge in [-0.1, -0.05) is 17.2 Å². The molecule has 8 heteroatoms. The molecule has 128 valence electrons. The number of carbonyl (C=O) groups is 3. The van der Waals surface area contributed by atoms with Gasteiger partial charge in [-0.25, -0.2) is 9.78 Å². The standard InChI is InChI=1S/C18H12N4O4/c1-10-14(21-15(20-10)11-5-4-8-19-9-11)18(25)26-22-16(23)12-6-2-3-7-13(12)17(22)24/h2-9H,1H3,(H,20,21). The molecule has 0 saturated heterocycles. The van der Waals surface area contributed by atoms with E-state index in [0.29, 0.717) is 22.1 Å². The third-order valence-electron chi connectivity index (χ3n) is 3.94. The Labute approximate surface area is 147 Å². The van der Waals surface area contributed by atoms with Crippen molar-refractivity contribution in [3.63, 3.8) is 0 Å². The number of H-pyrrole nitrogens is 1. The Morgan fingerprint density at radius 3 is 2.38 bits per heavy atom. The number of aromatic amines is 1. The summed E-state index contributed by atoms with van der Waals surface area (Å²) in [6.45, 7) is 1.64. The summed E-state index contributed by atoms with van der Waals surface area (Å²) in [5.41, 5.74) is 1.52. The Balaban J connectivity index is 1.59. The van der Waals surface area contributed by atoms with Gasteiger partial charge in [0.05, 0.1) is 11.1 Å². The molecular weight excluding hydrogens is 336 g/mol. The smallest absolute Gasteiger partial charge is 0.341 e. The highest BCUT2D eigenvalue weighted by atomic mass is 16.7. The second-order valence-corrected chi connectivity index (χ2v) is 5.63. The zero-order valence-corrected chi connectivity index (χ0v) is 13.6. The number of benzene rings is 1. The third kappa shape index (κ3) is 2.44. The van der Waals surface area contributed by atoms with Gasteiger partial charge in [-0.3, -0.25) is 14.6 Å². The van der Waals surface area contributed by atoms with Gasteiger partial charge in [0.2, 0.25) is 0 Å². The lowest BCUT2D eigenvalue weighted by molar-refractivity contribution is -0.0588. The first-order valence-corrected chi connectivity index (χ1v) is 7.73. The van der Waals surface area contributed by atoms with Crippen LogP contribution in [0.4, 0.5) is 0 Å². The van der Waals surface area contributed by atoms with Crippen LogP contribution in [0.15, 0.2) is 48.8 Å². The highest BCUT2D eigenvalue weighted by molar-refractivity contribution is 6.21. The minimum Gasteiger partial charge on any atom is -0.341 e. The van der Waals surface area contributed by atoms with Crippen LogP contribution in [0.2, 0.25) is 0 Å². The van der Waals surface area contributed by atoms with Crippen molar-refractivity contribution in [2.45, 2.75) is 6.92 Å². The number of hydrogen-bond donors (Lipinski definition) is 1. The molecule has 1 aliphatic heterocycles. The number of pyridine rings is 1. The number of imidazole rings is 1. The maximum atomic E-state index is 12.4. The van der Waals surface area contributed by atoms with Crippen LogP contribution < -0.4 is 0 Å². The van der Waals surface area contributed by atoms with Gasteiger partial charge >= 0.3 is 5.97 Å². The topological polar surface area (TPSA) is 105 Å². The fraction of sp³-hybridized carbons (Fsp3) is 0.0556. The van der Waals surface area contributed by atoms with Crippen molar-refractivity contribution in [1.82, 2.24) is 20.0 Å². The van der Waals surface area contributed by atoms with Crippen LogP contribution in [0.25, 0.3) is 11.4 Å². The fourth-order valence-corrected chi connectivity index (χ4v) is 2.67. The molecule has 1 aromatic carbocycles. The predicted octanol–water partition coefficient (Wildman–Crippen LogP) is 2.15. The van der Waals surface area contributed by atoms with E-state index in [-0.39, 0.29) is 16.8 Å². The molecule has 0 fully saturated rings. The molecule has 0 bridgehead atoms. The molecule has 0 spiro atoms. The lowest BCUT2D eigenvalue weighted by Crippen LogP contribution is -2.33. The molecule has 1 aliphatic rings. The Hall–Kier alpha value is -3.81. The van der Waals surface area contributed by atoms with E-state index in [4.69, 9.17) is 4.84 Å². The van der Waals surface area contributed by atoms with Gasteiger partial charge in [-0.2, -0.15) is 0 Å². The second-order valence-electron chi connectivity index (χ2n) is 5.63. The molecule has 8 nitrogen and oxygen atoms in total. The van der Waals surface area contributed by atoms with E-state index in [1.54, 1.807) is 43.6 Å². The maximum absolute atomic E-state index is 12.4. The Kier molecular flexibility index (Phi) is 3.58. The number of rotatable bonds is 3. The van der Waals surface area contributed by atoms with Gasteiger partial charge in [0.25, 0.3) is 11.8 Å². The third-order valence-corrected chi connectivity index (χ3v) is 3.94. The monoisotopic (exact) mass is 348 g/mol. The van der Waals surface area contributed by atoms with Gasteiger partial charge in [0, 0.05) is 23.7 Å². The van der Waals surface area contributed by atoms with E-state index in [2.05, 4.69) is 15.0 Å². The first-order valence-electron chi connectivity index (χ1n) is 7.73. The number of nitrogens with one attached hydrogen (secondary N) is 1. The van der Waals surface area contributed by atoms with E-state index >= 15 is 0 Å². The van der Waals surface area contributed by atoms with E-state index in [1.165, 1.54) is 12.1 Å². The zero-order valence-electron chi connectivity index (χ0n) is 13.6. The minimum absolute atomic E-state index is 0.0135. The van der Waals surface area contributed by atoms with Crippen molar-refractivity contribution in [3.05, 3.63) is 71.3 Å². The number of imide groups is 1. The fourth-order valence-electron chi connectivity index (χ4n) is 2.67. The summed E-state index contributed by atoms with van der Waals surface area (Å²) in [7, 11) is 0. The van der Waals surface area contributed by atoms with Crippen LogP contribution in [0.5, 0.6) is 0 Å². The molecule has 0 atom stereocenters. The number of aryl methyl sites for hydroxylation is 1. The van der Waals surface area contributed by atoms with Crippen LogP contribution in [-0.4, -0.2) is 37.8 Å². The van der Waals surface area contributed by atoms with Crippen molar-refractivity contribution < 1.29 is 19.2 Å². The minimum atomic E-state index is -0.900. The van der Waals surface area contributed by atoms with E-state index in [9.17, 15) is 14.4 Å². The summed E-state index contributed by atoms with van der Waals surface area (Å²) in [6, 6.07) is 9.79. The number of carbonyl (C=O) groups excluding carboxylic acids is 3. The van der Waals surface area contributed by atoms with Crippen molar-refractivity contribution in [1.29, 1.82) is 0 Å². The highest BCUT2D eigenvalue weighted by Gasteiger charge is 2.39. The molecule has 0 aliphatic carbocycles. The summed E-state index contributed by atoms with van der Waals surface area (Å²) in [4.78, 5) is 53.2. The van der Waals surface area contributed by atoms with Gasteiger partial charge in [0.1, 0.15) is 5.82 Å². The lowest BCUT2D eigenvalue weighted by atomic mass is 10.1. The lowest BCUT2D eigenvalue weighted by Gasteiger charge is -2.11. The Bertz CT molecular complexity index is 1010. The Morgan fingerprint density at radius 2 is 1.77 bits per heavy atom. The molecule has 2 aromatic heterocycles. The summed E-state index contributed by atoms with van der Waals surface area (Å²) in [5.74, 6) is -1.83. The van der Waals surface area contributed by atoms with Crippen molar-refractivity contribution in [2.24, 2.45) is 0 Å². The predicted molar refractivity (Wildman–Crippen MR) is 88.9 cm³/mol. The van der Waals surface area contributed by atoms with Gasteiger partial charge < -0.3 is 9.82 Å². The first kappa shape index (κ1) is 15.7. The maximum Gasteiger partial charge on any atom is 0.384 e. The van der Waals surface area contributed by atoms with E-state index in [1.807, 2.05) is 0 Å². The van der Waals surface area contributed by atoms with Gasteiger partial charge in [0.15, 0.2) is 5.69 Å². The highest BCUT2D eigenvalue weighted by Crippen LogP contribution is 2.24. The number of nitrogens with zero attached hydrogens (tertiary/aromatic N) is 3. The van der Waals surface area contributed by atoms with Gasteiger partial charge in [-0.15, -0.1) is 0 Å². The van der Waals surface area contributed by atoms with Gasteiger partial charge in [-0.05, 0) is 31.2 Å². The SMILES string of the molecule is Cc1[nH]c(-c2cccnc2)nc1C(=O)ON1C(=O)c2ccccc2C1=O. The average Bonchev–Trinajstić information content (AvgIpc) is 3.17. The van der Waals surface area contributed by atoms with Crippen LogP contribution in [0.3, 0.4) is 0 Å². The molecule has 3 aromatic rings. The van der Waals surface area contributed by atoms with Crippen LogP contribution in [0, 0.1) is 6.92 Å². The van der Waals surface area contributed by atoms with Crippen LogP contribution in [-0.2, 0) is 4.84 Å². The molecule has 0 unspecified atom stereocenters. The van der Waals surface area contributed by atoms with Crippen molar-refractivity contribution in [3.8, 4) is 11.4 Å². The number of hydroxylamine groups is 2. The van der Waals surface area contributed by atoms with Crippen LogP contribution in [0.1, 0.15) is 36.9 Å². The van der Waals surface area contributed by atoms with E-state index < -0.39 is 17.8 Å². The largest absolute Gasteiger partial charge is 0.384 e. The van der Waals surface area contributed by atoms with Crippen LogP contribution >= 0.6 is 0 Å². The van der Waals surface area contributed by atoms with Crippen molar-refractivity contribution >= 4 is 17.8 Å². The molecule has 2 amide bonds. The number of hydrogen-bond acceptors (Lipinski definition) is 6. The normalized spacial score (nSPS) is 13.0. The second kappa shape index (κ2) is 5.92. The number of aromatic nitrogens is 3. The van der Waals surface area contributed by atoms with Crippen molar-refractivity contribution in [2.75, 3.05) is 0 Å². The molecule has 0 saturated carbocycles. The number of fused-ring (bicyclic) bond motifs is 1. The summed E-state index contributed by atoms with van der Waals surface area (Å²) in [5, 5.41) is 0.463. The molecular formula is C18H12N4O4. The Morgan fingerprint density at radius 1 is 1.08 bits per heavy atom. The first-order chi connectivity index (χ1) is 12.6.